The van der Waals surface area contributed by atoms with Crippen LogP contribution in [0.2, 0.25) is 0 Å². The van der Waals surface area contributed by atoms with Gasteiger partial charge in [-0.1, -0.05) is 20.8 Å². The topological polar surface area (TPSA) is 54.4 Å². The van der Waals surface area contributed by atoms with E-state index in [2.05, 4.69) is 20.8 Å². The molecule has 0 aromatic carbocycles. The SMILES string of the molecule is CC(C)(C)CSCCCS(=O)(=O)O. The first kappa shape index (κ1) is 13.3. The Kier molecular flexibility index (Phi) is 5.32. The molecule has 13 heavy (non-hydrogen) atoms. The molecule has 0 bridgehead atoms. The number of rotatable bonds is 5. The van der Waals surface area contributed by atoms with E-state index in [9.17, 15) is 8.42 Å². The second-order valence-corrected chi connectivity index (χ2v) is 6.93. The zero-order valence-electron chi connectivity index (χ0n) is 8.41. The first-order valence-corrected chi connectivity index (χ1v) is 7.00. The van der Waals surface area contributed by atoms with E-state index in [1.165, 1.54) is 0 Å². The lowest BCUT2D eigenvalue weighted by molar-refractivity contribution is 0.480. The van der Waals surface area contributed by atoms with Gasteiger partial charge in [0.05, 0.1) is 5.75 Å². The molecule has 0 aliphatic carbocycles. The molecular weight excluding hydrogens is 208 g/mol. The van der Waals surface area contributed by atoms with Crippen molar-refractivity contribution in [2.75, 3.05) is 17.3 Å². The Morgan fingerprint density at radius 1 is 1.31 bits per heavy atom. The summed E-state index contributed by atoms with van der Waals surface area (Å²) in [5, 5.41) is 0. The highest BCUT2D eigenvalue weighted by atomic mass is 32.2. The predicted molar refractivity (Wildman–Crippen MR) is 57.8 cm³/mol. The minimum atomic E-state index is -3.75. The van der Waals surface area contributed by atoms with Crippen molar-refractivity contribution in [3.63, 3.8) is 0 Å². The fraction of sp³-hybridized carbons (Fsp3) is 1.00. The minimum Gasteiger partial charge on any atom is -0.286 e. The van der Waals surface area contributed by atoms with E-state index in [0.29, 0.717) is 6.42 Å². The van der Waals surface area contributed by atoms with Gasteiger partial charge in [0.25, 0.3) is 10.1 Å². The molecule has 0 unspecified atom stereocenters. The van der Waals surface area contributed by atoms with Crippen LogP contribution in [0, 0.1) is 5.41 Å². The van der Waals surface area contributed by atoms with Gasteiger partial charge in [-0.3, -0.25) is 4.55 Å². The molecule has 0 aromatic heterocycles. The Hall–Kier alpha value is 0.260. The van der Waals surface area contributed by atoms with Gasteiger partial charge in [0.15, 0.2) is 0 Å². The van der Waals surface area contributed by atoms with Crippen molar-refractivity contribution in [1.82, 2.24) is 0 Å². The summed E-state index contributed by atoms with van der Waals surface area (Å²) in [5.41, 5.74) is 0.281. The zero-order chi connectivity index (χ0) is 10.5. The summed E-state index contributed by atoms with van der Waals surface area (Å²) >= 11 is 1.73. The highest BCUT2D eigenvalue weighted by Crippen LogP contribution is 2.20. The summed E-state index contributed by atoms with van der Waals surface area (Å²) in [7, 11) is -3.75. The third-order valence-electron chi connectivity index (χ3n) is 1.23. The van der Waals surface area contributed by atoms with E-state index in [4.69, 9.17) is 4.55 Å². The molecule has 0 aliphatic heterocycles. The average molecular weight is 226 g/mol. The van der Waals surface area contributed by atoms with E-state index in [-0.39, 0.29) is 11.2 Å². The van der Waals surface area contributed by atoms with E-state index in [1.54, 1.807) is 11.8 Å². The van der Waals surface area contributed by atoms with Crippen molar-refractivity contribution in [3.8, 4) is 0 Å². The van der Waals surface area contributed by atoms with Gasteiger partial charge in [-0.2, -0.15) is 20.2 Å². The van der Waals surface area contributed by atoms with E-state index in [1.807, 2.05) is 0 Å². The normalized spacial score (nSPS) is 13.2. The molecule has 5 heteroatoms. The third kappa shape index (κ3) is 12.3. The third-order valence-corrected chi connectivity index (χ3v) is 3.68. The fourth-order valence-electron chi connectivity index (χ4n) is 0.722. The van der Waals surface area contributed by atoms with Crippen molar-refractivity contribution >= 4 is 21.9 Å². The monoisotopic (exact) mass is 226 g/mol. The Labute approximate surface area is 85.0 Å². The van der Waals surface area contributed by atoms with Crippen molar-refractivity contribution in [2.45, 2.75) is 27.2 Å². The highest BCUT2D eigenvalue weighted by Gasteiger charge is 2.10. The summed E-state index contributed by atoms with van der Waals surface area (Å²) in [4.78, 5) is 0. The summed E-state index contributed by atoms with van der Waals surface area (Å²) in [6.07, 6.45) is 0.527. The van der Waals surface area contributed by atoms with Crippen LogP contribution in [0.5, 0.6) is 0 Å². The van der Waals surface area contributed by atoms with Gasteiger partial charge in [-0.05, 0) is 23.3 Å². The van der Waals surface area contributed by atoms with E-state index >= 15 is 0 Å². The van der Waals surface area contributed by atoms with E-state index < -0.39 is 10.1 Å². The van der Waals surface area contributed by atoms with Crippen LogP contribution in [-0.2, 0) is 10.1 Å². The molecule has 0 saturated heterocycles. The maximum atomic E-state index is 10.3. The van der Waals surface area contributed by atoms with Gasteiger partial charge >= 0.3 is 0 Å². The lowest BCUT2D eigenvalue weighted by atomic mass is 10.0. The summed E-state index contributed by atoms with van der Waals surface area (Å²) in [6, 6.07) is 0. The molecule has 1 N–H and O–H groups in total. The zero-order valence-corrected chi connectivity index (χ0v) is 10.0. The molecule has 0 atom stereocenters. The smallest absolute Gasteiger partial charge is 0.264 e. The van der Waals surface area contributed by atoms with Gasteiger partial charge < -0.3 is 0 Å². The van der Waals surface area contributed by atoms with Crippen LogP contribution in [0.3, 0.4) is 0 Å². The highest BCUT2D eigenvalue weighted by molar-refractivity contribution is 7.99. The maximum absolute atomic E-state index is 10.3. The summed E-state index contributed by atoms with van der Waals surface area (Å²) in [5.74, 6) is 1.68. The Morgan fingerprint density at radius 3 is 2.23 bits per heavy atom. The maximum Gasteiger partial charge on any atom is 0.264 e. The van der Waals surface area contributed by atoms with Crippen LogP contribution in [0.25, 0.3) is 0 Å². The van der Waals surface area contributed by atoms with Crippen LogP contribution in [0.15, 0.2) is 0 Å². The minimum absolute atomic E-state index is 0.121. The summed E-state index contributed by atoms with van der Waals surface area (Å²) in [6.45, 7) is 6.42. The Bertz CT molecular complexity index is 226. The lowest BCUT2D eigenvalue weighted by Crippen LogP contribution is -2.10. The van der Waals surface area contributed by atoms with Gasteiger partial charge in [0, 0.05) is 0 Å². The molecule has 0 spiro atoms. The molecular formula is C8H18O3S2. The second kappa shape index (κ2) is 5.22. The Morgan fingerprint density at radius 2 is 1.85 bits per heavy atom. The van der Waals surface area contributed by atoms with Crippen molar-refractivity contribution in [1.29, 1.82) is 0 Å². The molecule has 0 saturated carbocycles. The number of thioether (sulfide) groups is 1. The standard InChI is InChI=1S/C8H18O3S2/c1-8(2,3)7-12-5-4-6-13(9,10)11/h4-7H2,1-3H3,(H,9,10,11). The van der Waals surface area contributed by atoms with Crippen LogP contribution >= 0.6 is 11.8 Å². The molecule has 0 rings (SSSR count). The number of hydrogen-bond acceptors (Lipinski definition) is 3. The first-order chi connectivity index (χ1) is 5.71. The summed E-state index contributed by atoms with van der Waals surface area (Å²) < 4.78 is 29.1. The van der Waals surface area contributed by atoms with Crippen LogP contribution in [-0.4, -0.2) is 30.2 Å². The molecule has 0 fully saturated rings. The molecule has 0 aromatic rings. The van der Waals surface area contributed by atoms with Crippen LogP contribution in [0.1, 0.15) is 27.2 Å². The average Bonchev–Trinajstić information content (AvgIpc) is 1.81. The van der Waals surface area contributed by atoms with Gasteiger partial charge in [0.2, 0.25) is 0 Å². The quantitative estimate of drug-likeness (QED) is 0.576. The van der Waals surface area contributed by atoms with Crippen molar-refractivity contribution in [3.05, 3.63) is 0 Å². The number of hydrogen-bond donors (Lipinski definition) is 1. The van der Waals surface area contributed by atoms with Crippen LogP contribution in [0.4, 0.5) is 0 Å². The second-order valence-electron chi connectivity index (χ2n) is 4.25. The Balaban J connectivity index is 3.39. The molecule has 0 radical (unpaired) electrons. The molecule has 0 heterocycles. The fourth-order valence-corrected chi connectivity index (χ4v) is 2.52. The first-order valence-electron chi connectivity index (χ1n) is 4.24. The lowest BCUT2D eigenvalue weighted by Gasteiger charge is -2.16. The largest absolute Gasteiger partial charge is 0.286 e. The van der Waals surface area contributed by atoms with Gasteiger partial charge in [-0.25, -0.2) is 0 Å². The molecule has 0 aliphatic rings. The van der Waals surface area contributed by atoms with Crippen molar-refractivity contribution < 1.29 is 13.0 Å². The van der Waals surface area contributed by atoms with Gasteiger partial charge in [-0.15, -0.1) is 0 Å². The van der Waals surface area contributed by atoms with Gasteiger partial charge in [0.1, 0.15) is 0 Å². The van der Waals surface area contributed by atoms with Crippen LogP contribution < -0.4 is 0 Å². The molecule has 3 nitrogen and oxygen atoms in total. The molecule has 0 amide bonds. The predicted octanol–water partition coefficient (Wildman–Crippen LogP) is 2.04. The molecule has 80 valence electrons. The van der Waals surface area contributed by atoms with Crippen molar-refractivity contribution in [2.24, 2.45) is 5.41 Å². The van der Waals surface area contributed by atoms with E-state index in [0.717, 1.165) is 11.5 Å².